The van der Waals surface area contributed by atoms with Gasteiger partial charge in [-0.25, -0.2) is 9.59 Å². The highest BCUT2D eigenvalue weighted by atomic mass is 16.5. The predicted octanol–water partition coefficient (Wildman–Crippen LogP) is 2.45. The molecule has 0 saturated heterocycles. The summed E-state index contributed by atoms with van der Waals surface area (Å²) in [5.41, 5.74) is 1.84. The summed E-state index contributed by atoms with van der Waals surface area (Å²) in [5, 5.41) is 2.72. The molecule has 0 unspecified atom stereocenters. The Balaban J connectivity index is 2.94. The number of rotatable bonds is 11. The number of hydrogen-bond acceptors (Lipinski definition) is 5. The first-order valence-corrected chi connectivity index (χ1v) is 9.37. The van der Waals surface area contributed by atoms with Crippen molar-refractivity contribution in [2.24, 2.45) is 0 Å². The summed E-state index contributed by atoms with van der Waals surface area (Å²) in [6, 6.07) is -0.293. The summed E-state index contributed by atoms with van der Waals surface area (Å²) in [4.78, 5) is 41.6. The van der Waals surface area contributed by atoms with Crippen LogP contribution in [0.4, 0.5) is 4.79 Å². The fraction of sp³-hybridized carbons (Fsp3) is 0.632. The van der Waals surface area contributed by atoms with Crippen molar-refractivity contribution in [3.8, 4) is 0 Å². The third kappa shape index (κ3) is 6.39. The molecule has 152 valence electrons. The Morgan fingerprint density at radius 3 is 2.41 bits per heavy atom. The van der Waals surface area contributed by atoms with E-state index in [9.17, 15) is 14.4 Å². The van der Waals surface area contributed by atoms with Crippen LogP contribution in [0.2, 0.25) is 0 Å². The Bertz CT molecular complexity index is 654. The number of carbonyl (C=O) groups excluding carboxylic acids is 3. The van der Waals surface area contributed by atoms with Gasteiger partial charge in [0.25, 0.3) is 0 Å². The molecular formula is C19H31N3O5. The molecule has 0 aliphatic heterocycles. The van der Waals surface area contributed by atoms with Gasteiger partial charge >= 0.3 is 12.0 Å². The predicted molar refractivity (Wildman–Crippen MR) is 102 cm³/mol. The number of carbonyl (C=O) groups is 3. The standard InChI is InChI=1S/C19H31N3O5/c1-6-20-19(25)22(10-9-11-26-7-2)12-15(23)16-13(4)17(21-14(16)5)18(24)27-8-3/h21H,6-12H2,1-5H3,(H,20,25). The number of ketones is 1. The van der Waals surface area contributed by atoms with Crippen molar-refractivity contribution in [1.29, 1.82) is 0 Å². The highest BCUT2D eigenvalue weighted by Gasteiger charge is 2.25. The number of ether oxygens (including phenoxy) is 2. The number of nitrogens with one attached hydrogen (secondary N) is 2. The number of H-pyrrole nitrogens is 1. The molecule has 2 amide bonds. The monoisotopic (exact) mass is 381 g/mol. The number of Topliss-reactive ketones (excluding diaryl/α,β-unsaturated/α-hetero) is 1. The first-order chi connectivity index (χ1) is 12.9. The fourth-order valence-corrected chi connectivity index (χ4v) is 2.85. The van der Waals surface area contributed by atoms with Crippen LogP contribution in [0, 0.1) is 13.8 Å². The maximum absolute atomic E-state index is 12.9. The Morgan fingerprint density at radius 2 is 1.81 bits per heavy atom. The number of esters is 1. The van der Waals surface area contributed by atoms with Crippen molar-refractivity contribution in [3.05, 3.63) is 22.5 Å². The van der Waals surface area contributed by atoms with Gasteiger partial charge in [0.1, 0.15) is 5.69 Å². The van der Waals surface area contributed by atoms with Crippen molar-refractivity contribution in [1.82, 2.24) is 15.2 Å². The van der Waals surface area contributed by atoms with E-state index in [1.807, 2.05) is 13.8 Å². The van der Waals surface area contributed by atoms with Gasteiger partial charge < -0.3 is 24.7 Å². The van der Waals surface area contributed by atoms with Crippen LogP contribution < -0.4 is 5.32 Å². The molecule has 1 aromatic heterocycles. The van der Waals surface area contributed by atoms with Crippen molar-refractivity contribution in [2.75, 3.05) is 39.5 Å². The second-order valence-electron chi connectivity index (χ2n) is 6.08. The first-order valence-electron chi connectivity index (χ1n) is 9.37. The summed E-state index contributed by atoms with van der Waals surface area (Å²) >= 11 is 0. The van der Waals surface area contributed by atoms with E-state index in [-0.39, 0.29) is 30.7 Å². The van der Waals surface area contributed by atoms with Crippen LogP contribution in [0.25, 0.3) is 0 Å². The van der Waals surface area contributed by atoms with Gasteiger partial charge in [-0.2, -0.15) is 0 Å². The summed E-state index contributed by atoms with van der Waals surface area (Å²) in [5.74, 6) is -0.714. The molecule has 0 spiro atoms. The zero-order valence-electron chi connectivity index (χ0n) is 16.9. The van der Waals surface area contributed by atoms with Gasteiger partial charge in [0.05, 0.1) is 13.2 Å². The Kier molecular flexibility index (Phi) is 9.56. The van der Waals surface area contributed by atoms with Crippen LogP contribution in [-0.2, 0) is 9.47 Å². The second kappa shape index (κ2) is 11.4. The topological polar surface area (TPSA) is 101 Å². The van der Waals surface area contributed by atoms with E-state index < -0.39 is 5.97 Å². The molecule has 0 radical (unpaired) electrons. The third-order valence-electron chi connectivity index (χ3n) is 4.07. The van der Waals surface area contributed by atoms with Crippen LogP contribution >= 0.6 is 0 Å². The minimum atomic E-state index is -0.491. The molecule has 0 aliphatic carbocycles. The summed E-state index contributed by atoms with van der Waals surface area (Å²) < 4.78 is 10.3. The van der Waals surface area contributed by atoms with E-state index in [1.54, 1.807) is 20.8 Å². The van der Waals surface area contributed by atoms with Crippen molar-refractivity contribution < 1.29 is 23.9 Å². The quantitative estimate of drug-likeness (QED) is 0.348. The maximum atomic E-state index is 12.9. The molecule has 2 N–H and O–H groups in total. The molecule has 8 heteroatoms. The van der Waals surface area contributed by atoms with E-state index in [2.05, 4.69) is 10.3 Å². The molecule has 0 aromatic carbocycles. The molecule has 1 rings (SSSR count). The van der Waals surface area contributed by atoms with Gasteiger partial charge in [-0.3, -0.25) is 4.79 Å². The highest BCUT2D eigenvalue weighted by Crippen LogP contribution is 2.20. The van der Waals surface area contributed by atoms with Crippen LogP contribution in [0.1, 0.15) is 59.3 Å². The molecule has 0 fully saturated rings. The maximum Gasteiger partial charge on any atom is 0.355 e. The largest absolute Gasteiger partial charge is 0.461 e. The zero-order chi connectivity index (χ0) is 20.4. The molecule has 0 aliphatic rings. The van der Waals surface area contributed by atoms with E-state index in [0.29, 0.717) is 49.5 Å². The van der Waals surface area contributed by atoms with Crippen molar-refractivity contribution >= 4 is 17.8 Å². The van der Waals surface area contributed by atoms with Gasteiger partial charge in [-0.15, -0.1) is 0 Å². The van der Waals surface area contributed by atoms with E-state index >= 15 is 0 Å². The Hall–Kier alpha value is -2.35. The van der Waals surface area contributed by atoms with Crippen LogP contribution in [0.5, 0.6) is 0 Å². The lowest BCUT2D eigenvalue weighted by molar-refractivity contribution is 0.0519. The number of urea groups is 1. The summed E-state index contributed by atoms with van der Waals surface area (Å²) in [7, 11) is 0. The molecule has 8 nitrogen and oxygen atoms in total. The van der Waals surface area contributed by atoms with Gasteiger partial charge in [-0.05, 0) is 46.6 Å². The average molecular weight is 381 g/mol. The van der Waals surface area contributed by atoms with Gasteiger partial charge in [-0.1, -0.05) is 0 Å². The van der Waals surface area contributed by atoms with Crippen LogP contribution in [0.15, 0.2) is 0 Å². The fourth-order valence-electron chi connectivity index (χ4n) is 2.85. The third-order valence-corrected chi connectivity index (χ3v) is 4.07. The number of aryl methyl sites for hydroxylation is 1. The molecule has 27 heavy (non-hydrogen) atoms. The number of amides is 2. The lowest BCUT2D eigenvalue weighted by Gasteiger charge is -2.22. The number of hydrogen-bond donors (Lipinski definition) is 2. The second-order valence-corrected chi connectivity index (χ2v) is 6.08. The number of nitrogens with zero attached hydrogens (tertiary/aromatic N) is 1. The average Bonchev–Trinajstić information content (AvgIpc) is 2.92. The smallest absolute Gasteiger partial charge is 0.355 e. The van der Waals surface area contributed by atoms with E-state index in [1.165, 1.54) is 4.90 Å². The molecule has 1 heterocycles. The lowest BCUT2D eigenvalue weighted by atomic mass is 10.1. The van der Waals surface area contributed by atoms with Crippen molar-refractivity contribution in [3.63, 3.8) is 0 Å². The minimum absolute atomic E-state index is 0.0697. The lowest BCUT2D eigenvalue weighted by Crippen LogP contribution is -2.43. The Morgan fingerprint density at radius 1 is 1.11 bits per heavy atom. The zero-order valence-corrected chi connectivity index (χ0v) is 16.9. The minimum Gasteiger partial charge on any atom is -0.461 e. The van der Waals surface area contributed by atoms with Crippen LogP contribution in [0.3, 0.4) is 0 Å². The Labute approximate surface area is 160 Å². The first kappa shape index (κ1) is 22.7. The van der Waals surface area contributed by atoms with Crippen LogP contribution in [-0.4, -0.2) is 67.1 Å². The molecule has 1 aromatic rings. The van der Waals surface area contributed by atoms with E-state index in [0.717, 1.165) is 0 Å². The molecule has 0 atom stereocenters. The molecule has 0 saturated carbocycles. The normalized spacial score (nSPS) is 10.6. The van der Waals surface area contributed by atoms with E-state index in [4.69, 9.17) is 9.47 Å². The van der Waals surface area contributed by atoms with Gasteiger partial charge in [0.2, 0.25) is 0 Å². The van der Waals surface area contributed by atoms with Gasteiger partial charge in [0.15, 0.2) is 5.78 Å². The number of aromatic nitrogens is 1. The summed E-state index contributed by atoms with van der Waals surface area (Å²) in [6.07, 6.45) is 0.636. The number of aromatic amines is 1. The highest BCUT2D eigenvalue weighted by molar-refractivity contribution is 6.04. The van der Waals surface area contributed by atoms with Gasteiger partial charge in [0, 0.05) is 37.6 Å². The summed E-state index contributed by atoms with van der Waals surface area (Å²) in [6.45, 7) is 11.1. The molecule has 0 bridgehead atoms. The SMILES string of the molecule is CCNC(=O)N(CCCOCC)CC(=O)c1c(C)[nH]c(C(=O)OCC)c1C. The molecular weight excluding hydrogens is 350 g/mol. The van der Waals surface area contributed by atoms with Crippen molar-refractivity contribution in [2.45, 2.75) is 41.0 Å².